The van der Waals surface area contributed by atoms with E-state index in [0.29, 0.717) is 16.4 Å². The predicted octanol–water partition coefficient (Wildman–Crippen LogP) is 2.48. The van der Waals surface area contributed by atoms with E-state index < -0.39 is 10.0 Å². The first kappa shape index (κ1) is 12.9. The maximum absolute atomic E-state index is 12.1. The summed E-state index contributed by atoms with van der Waals surface area (Å²) in [6, 6.07) is 5.03. The Hall–Kier alpha value is -1.53. The zero-order valence-corrected chi connectivity index (χ0v) is 11.4. The van der Waals surface area contributed by atoms with E-state index in [9.17, 15) is 8.42 Å². The number of halogens is 1. The van der Waals surface area contributed by atoms with Crippen LogP contribution in [0.2, 0.25) is 5.02 Å². The zero-order chi connectivity index (χ0) is 13.3. The van der Waals surface area contributed by atoms with Crippen molar-refractivity contribution >= 4 is 27.3 Å². The van der Waals surface area contributed by atoms with Gasteiger partial charge in [-0.3, -0.25) is 9.82 Å². The highest BCUT2D eigenvalue weighted by molar-refractivity contribution is 7.92. The second kappa shape index (κ2) is 4.62. The molecule has 0 aliphatic rings. The SMILES string of the molecule is Cc1ccc(Cl)cc1NS(=O)(=O)c1cn[nH]c1C. The lowest BCUT2D eigenvalue weighted by Crippen LogP contribution is -2.14. The molecule has 0 saturated heterocycles. The third-order valence-electron chi connectivity index (χ3n) is 2.52. The first-order valence-electron chi connectivity index (χ1n) is 5.19. The molecule has 2 aromatic rings. The molecule has 0 unspecified atom stereocenters. The molecule has 1 aromatic carbocycles. The van der Waals surface area contributed by atoms with Gasteiger partial charge < -0.3 is 0 Å². The number of aromatic amines is 1. The average Bonchev–Trinajstić information content (AvgIpc) is 2.70. The molecule has 1 aromatic heterocycles. The number of rotatable bonds is 3. The van der Waals surface area contributed by atoms with E-state index in [-0.39, 0.29) is 4.90 Å². The number of nitrogens with one attached hydrogen (secondary N) is 2. The Bertz CT molecular complexity index is 679. The van der Waals surface area contributed by atoms with Crippen LogP contribution < -0.4 is 4.72 Å². The number of sulfonamides is 1. The molecule has 2 N–H and O–H groups in total. The van der Waals surface area contributed by atoms with Gasteiger partial charge in [-0.05, 0) is 31.5 Å². The summed E-state index contributed by atoms with van der Waals surface area (Å²) in [6.45, 7) is 3.45. The van der Waals surface area contributed by atoms with Gasteiger partial charge in [-0.2, -0.15) is 5.10 Å². The molecular weight excluding hydrogens is 274 g/mol. The number of hydrogen-bond donors (Lipinski definition) is 2. The number of nitrogens with zero attached hydrogens (tertiary/aromatic N) is 1. The third-order valence-corrected chi connectivity index (χ3v) is 4.23. The molecule has 96 valence electrons. The minimum Gasteiger partial charge on any atom is -0.281 e. The van der Waals surface area contributed by atoms with Crippen molar-refractivity contribution in [3.63, 3.8) is 0 Å². The highest BCUT2D eigenvalue weighted by Gasteiger charge is 2.19. The fourth-order valence-corrected chi connectivity index (χ4v) is 2.95. The van der Waals surface area contributed by atoms with Gasteiger partial charge in [0.1, 0.15) is 4.90 Å². The van der Waals surface area contributed by atoms with Crippen LogP contribution in [0.5, 0.6) is 0 Å². The summed E-state index contributed by atoms with van der Waals surface area (Å²) in [5.41, 5.74) is 1.74. The summed E-state index contributed by atoms with van der Waals surface area (Å²) in [6.07, 6.45) is 1.28. The van der Waals surface area contributed by atoms with Gasteiger partial charge >= 0.3 is 0 Å². The normalized spacial score (nSPS) is 11.5. The summed E-state index contributed by atoms with van der Waals surface area (Å²) in [5, 5.41) is 6.76. The van der Waals surface area contributed by atoms with Crippen LogP contribution in [0.1, 0.15) is 11.3 Å². The maximum atomic E-state index is 12.1. The Morgan fingerprint density at radius 3 is 2.67 bits per heavy atom. The number of aryl methyl sites for hydroxylation is 2. The van der Waals surface area contributed by atoms with Crippen molar-refractivity contribution in [3.05, 3.63) is 40.7 Å². The van der Waals surface area contributed by atoms with Crippen molar-refractivity contribution in [1.29, 1.82) is 0 Å². The molecule has 0 fully saturated rings. The minimum absolute atomic E-state index is 0.127. The molecule has 0 radical (unpaired) electrons. The summed E-state index contributed by atoms with van der Waals surface area (Å²) in [4.78, 5) is 0.127. The Labute approximate surface area is 110 Å². The van der Waals surface area contributed by atoms with Crippen molar-refractivity contribution in [2.75, 3.05) is 4.72 Å². The monoisotopic (exact) mass is 285 g/mol. The van der Waals surface area contributed by atoms with Crippen LogP contribution in [0.25, 0.3) is 0 Å². The lowest BCUT2D eigenvalue weighted by molar-refractivity contribution is 0.600. The van der Waals surface area contributed by atoms with E-state index in [1.54, 1.807) is 32.0 Å². The zero-order valence-electron chi connectivity index (χ0n) is 9.86. The Morgan fingerprint density at radius 1 is 1.33 bits per heavy atom. The lowest BCUT2D eigenvalue weighted by Gasteiger charge is -2.10. The maximum Gasteiger partial charge on any atom is 0.265 e. The van der Waals surface area contributed by atoms with Crippen molar-refractivity contribution in [2.45, 2.75) is 18.7 Å². The molecule has 0 aliphatic heterocycles. The van der Waals surface area contributed by atoms with Gasteiger partial charge in [0.2, 0.25) is 0 Å². The predicted molar refractivity (Wildman–Crippen MR) is 70.3 cm³/mol. The largest absolute Gasteiger partial charge is 0.281 e. The second-order valence-corrected chi connectivity index (χ2v) is 6.01. The van der Waals surface area contributed by atoms with E-state index >= 15 is 0 Å². The first-order valence-corrected chi connectivity index (χ1v) is 7.05. The van der Waals surface area contributed by atoms with Crippen LogP contribution in [-0.2, 0) is 10.0 Å². The van der Waals surface area contributed by atoms with Crippen molar-refractivity contribution in [3.8, 4) is 0 Å². The Kier molecular flexibility index (Phi) is 3.32. The van der Waals surface area contributed by atoms with E-state index in [2.05, 4.69) is 14.9 Å². The van der Waals surface area contributed by atoms with E-state index in [0.717, 1.165) is 5.56 Å². The Balaban J connectivity index is 2.40. The highest BCUT2D eigenvalue weighted by atomic mass is 35.5. The number of aromatic nitrogens is 2. The van der Waals surface area contributed by atoms with Gasteiger partial charge in [0.15, 0.2) is 0 Å². The molecule has 1 heterocycles. The molecule has 0 atom stereocenters. The lowest BCUT2D eigenvalue weighted by atomic mass is 10.2. The van der Waals surface area contributed by atoms with Crippen LogP contribution in [0.3, 0.4) is 0 Å². The molecule has 0 saturated carbocycles. The summed E-state index contributed by atoms with van der Waals surface area (Å²) in [7, 11) is -3.64. The van der Waals surface area contributed by atoms with E-state index in [1.807, 2.05) is 0 Å². The van der Waals surface area contributed by atoms with Crippen molar-refractivity contribution in [1.82, 2.24) is 10.2 Å². The number of anilines is 1. The van der Waals surface area contributed by atoms with Gasteiger partial charge in [-0.1, -0.05) is 17.7 Å². The number of benzene rings is 1. The minimum atomic E-state index is -3.64. The molecule has 5 nitrogen and oxygen atoms in total. The van der Waals surface area contributed by atoms with Gasteiger partial charge in [0.25, 0.3) is 10.0 Å². The first-order chi connectivity index (χ1) is 8.40. The molecule has 0 amide bonds. The summed E-state index contributed by atoms with van der Waals surface area (Å²) >= 11 is 5.85. The molecular formula is C11H12ClN3O2S. The van der Waals surface area contributed by atoms with Gasteiger partial charge in [0.05, 0.1) is 17.6 Å². The van der Waals surface area contributed by atoms with Crippen LogP contribution in [0, 0.1) is 13.8 Å². The smallest absolute Gasteiger partial charge is 0.265 e. The van der Waals surface area contributed by atoms with E-state index in [1.165, 1.54) is 6.20 Å². The van der Waals surface area contributed by atoms with Gasteiger partial charge in [-0.25, -0.2) is 8.42 Å². The fourth-order valence-electron chi connectivity index (χ4n) is 1.51. The molecule has 0 bridgehead atoms. The standard InChI is InChI=1S/C11H12ClN3O2S/c1-7-3-4-9(12)5-10(7)15-18(16,17)11-6-13-14-8(11)2/h3-6,15H,1-2H3,(H,13,14). The number of hydrogen-bond acceptors (Lipinski definition) is 3. The molecule has 2 rings (SSSR count). The molecule has 0 aliphatic carbocycles. The highest BCUT2D eigenvalue weighted by Crippen LogP contribution is 2.23. The molecule has 0 spiro atoms. The van der Waals surface area contributed by atoms with E-state index in [4.69, 9.17) is 11.6 Å². The topological polar surface area (TPSA) is 74.8 Å². The van der Waals surface area contributed by atoms with Crippen molar-refractivity contribution < 1.29 is 8.42 Å². The molecule has 18 heavy (non-hydrogen) atoms. The second-order valence-electron chi connectivity index (χ2n) is 3.92. The van der Waals surface area contributed by atoms with Gasteiger partial charge in [-0.15, -0.1) is 0 Å². The van der Waals surface area contributed by atoms with Crippen LogP contribution in [0.4, 0.5) is 5.69 Å². The van der Waals surface area contributed by atoms with Crippen LogP contribution in [0.15, 0.2) is 29.3 Å². The number of H-pyrrole nitrogens is 1. The summed E-state index contributed by atoms with van der Waals surface area (Å²) in [5.74, 6) is 0. The van der Waals surface area contributed by atoms with Crippen molar-refractivity contribution in [2.24, 2.45) is 0 Å². The fraction of sp³-hybridized carbons (Fsp3) is 0.182. The summed E-state index contributed by atoms with van der Waals surface area (Å²) < 4.78 is 26.8. The third kappa shape index (κ3) is 2.49. The average molecular weight is 286 g/mol. The van der Waals surface area contributed by atoms with Crippen LogP contribution >= 0.6 is 11.6 Å². The quantitative estimate of drug-likeness (QED) is 0.910. The van der Waals surface area contributed by atoms with Crippen LogP contribution in [-0.4, -0.2) is 18.6 Å². The molecule has 7 heteroatoms. The Morgan fingerprint density at radius 2 is 2.06 bits per heavy atom. The van der Waals surface area contributed by atoms with Gasteiger partial charge in [0, 0.05) is 5.02 Å².